The third-order valence-corrected chi connectivity index (χ3v) is 5.95. The van der Waals surface area contributed by atoms with Crippen LogP contribution in [0.25, 0.3) is 20.5 Å². The van der Waals surface area contributed by atoms with E-state index in [4.69, 9.17) is 9.47 Å². The lowest BCUT2D eigenvalue weighted by atomic mass is 10.0. The molecule has 0 unspecified atom stereocenters. The van der Waals surface area contributed by atoms with E-state index in [0.29, 0.717) is 33.7 Å². The zero-order valence-corrected chi connectivity index (χ0v) is 16.8. The maximum Gasteiger partial charge on any atom is 0.194 e. The van der Waals surface area contributed by atoms with Gasteiger partial charge in [0.15, 0.2) is 23.2 Å². The van der Waals surface area contributed by atoms with E-state index in [-0.39, 0.29) is 11.1 Å². The van der Waals surface area contributed by atoms with Crippen molar-refractivity contribution in [1.29, 1.82) is 0 Å². The minimum atomic E-state index is -1.61. The highest BCUT2D eigenvalue weighted by Gasteiger charge is 2.21. The summed E-state index contributed by atoms with van der Waals surface area (Å²) in [5.41, 5.74) is 0.898. The summed E-state index contributed by atoms with van der Waals surface area (Å²) < 4.78 is 51.8. The topological polar surface area (TPSA) is 35.5 Å². The summed E-state index contributed by atoms with van der Waals surface area (Å²) >= 11 is 1.35. The molecule has 0 aliphatic carbocycles. The minimum absolute atomic E-state index is 0.251. The molecule has 30 heavy (non-hydrogen) atoms. The molecule has 7 heteroatoms. The maximum atomic E-state index is 13.6. The van der Waals surface area contributed by atoms with Gasteiger partial charge in [0.1, 0.15) is 11.5 Å². The third-order valence-electron chi connectivity index (χ3n) is 4.73. The lowest BCUT2D eigenvalue weighted by Gasteiger charge is -2.07. The van der Waals surface area contributed by atoms with Gasteiger partial charge in [-0.15, -0.1) is 11.3 Å². The van der Waals surface area contributed by atoms with Gasteiger partial charge in [0.05, 0.1) is 14.2 Å². The fourth-order valence-electron chi connectivity index (χ4n) is 3.20. The smallest absolute Gasteiger partial charge is 0.194 e. The number of carbonyl (C=O) groups is 1. The standard InChI is InChI=1S/C23H15F3O3S/c1-28-14-5-3-12(4-6-14)20-11-16-19(29-2)8-7-15(23(16)30-20)22(27)13-9-17(24)21(26)18(25)10-13/h3-11H,1-2H3. The quantitative estimate of drug-likeness (QED) is 0.279. The molecule has 4 aromatic rings. The number of hydrogen-bond acceptors (Lipinski definition) is 4. The summed E-state index contributed by atoms with van der Waals surface area (Å²) in [6.07, 6.45) is 0. The normalized spacial score (nSPS) is 11.0. The molecule has 4 rings (SSSR count). The molecule has 0 spiro atoms. The predicted molar refractivity (Wildman–Crippen MR) is 110 cm³/mol. The molecule has 1 heterocycles. The van der Waals surface area contributed by atoms with E-state index in [9.17, 15) is 18.0 Å². The van der Waals surface area contributed by atoms with Gasteiger partial charge < -0.3 is 9.47 Å². The van der Waals surface area contributed by atoms with E-state index in [1.807, 2.05) is 30.3 Å². The number of thiophene rings is 1. The van der Waals surface area contributed by atoms with Crippen molar-refractivity contribution in [2.45, 2.75) is 0 Å². The number of methoxy groups -OCH3 is 2. The SMILES string of the molecule is COc1ccc(-c2cc3c(OC)ccc(C(=O)c4cc(F)c(F)c(F)c4)c3s2)cc1. The Morgan fingerprint density at radius 3 is 2.13 bits per heavy atom. The predicted octanol–water partition coefficient (Wildman–Crippen LogP) is 6.23. The summed E-state index contributed by atoms with van der Waals surface area (Å²) in [4.78, 5) is 13.9. The van der Waals surface area contributed by atoms with Crippen LogP contribution in [0.4, 0.5) is 13.2 Å². The van der Waals surface area contributed by atoms with Gasteiger partial charge in [0.25, 0.3) is 0 Å². The zero-order valence-electron chi connectivity index (χ0n) is 16.0. The molecular formula is C23H15F3O3S. The number of halogens is 3. The number of ketones is 1. The second-order valence-electron chi connectivity index (χ2n) is 6.48. The Labute approximate surface area is 174 Å². The summed E-state index contributed by atoms with van der Waals surface area (Å²) in [6.45, 7) is 0. The van der Waals surface area contributed by atoms with Gasteiger partial charge in [-0.25, -0.2) is 13.2 Å². The van der Waals surface area contributed by atoms with Crippen LogP contribution in [0.15, 0.2) is 54.6 Å². The average Bonchev–Trinajstić information content (AvgIpc) is 3.21. The Hall–Kier alpha value is -3.32. The first-order valence-electron chi connectivity index (χ1n) is 8.87. The summed E-state index contributed by atoms with van der Waals surface area (Å²) in [5.74, 6) is -3.75. The van der Waals surface area contributed by atoms with Gasteiger partial charge in [0, 0.05) is 26.1 Å². The molecular weight excluding hydrogens is 413 g/mol. The zero-order chi connectivity index (χ0) is 21.4. The van der Waals surface area contributed by atoms with Gasteiger partial charge in [-0.3, -0.25) is 4.79 Å². The van der Waals surface area contributed by atoms with Crippen molar-refractivity contribution in [2.75, 3.05) is 14.2 Å². The number of carbonyl (C=O) groups excluding carboxylic acids is 1. The second-order valence-corrected chi connectivity index (χ2v) is 7.53. The fourth-order valence-corrected chi connectivity index (χ4v) is 4.39. The first-order valence-corrected chi connectivity index (χ1v) is 9.68. The van der Waals surface area contributed by atoms with Crippen LogP contribution in [0, 0.1) is 17.5 Å². The minimum Gasteiger partial charge on any atom is -0.497 e. The number of ether oxygens (including phenoxy) is 2. The van der Waals surface area contributed by atoms with Crippen molar-refractivity contribution in [1.82, 2.24) is 0 Å². The Balaban J connectivity index is 1.86. The van der Waals surface area contributed by atoms with Crippen LogP contribution in [0.2, 0.25) is 0 Å². The van der Waals surface area contributed by atoms with Gasteiger partial charge in [-0.2, -0.15) is 0 Å². The molecule has 0 saturated carbocycles. The second kappa shape index (κ2) is 7.84. The van der Waals surface area contributed by atoms with Crippen LogP contribution in [0.3, 0.4) is 0 Å². The van der Waals surface area contributed by atoms with E-state index in [0.717, 1.165) is 10.4 Å². The van der Waals surface area contributed by atoms with Crippen molar-refractivity contribution in [3.63, 3.8) is 0 Å². The molecule has 0 radical (unpaired) electrons. The lowest BCUT2D eigenvalue weighted by molar-refractivity contribution is 0.103. The summed E-state index contributed by atoms with van der Waals surface area (Å²) in [7, 11) is 3.10. The molecule has 0 atom stereocenters. The molecule has 152 valence electrons. The van der Waals surface area contributed by atoms with E-state index >= 15 is 0 Å². The summed E-state index contributed by atoms with van der Waals surface area (Å²) in [6, 6.07) is 13.9. The molecule has 0 aliphatic heterocycles. The van der Waals surface area contributed by atoms with Crippen LogP contribution in [-0.2, 0) is 0 Å². The first-order chi connectivity index (χ1) is 14.4. The van der Waals surface area contributed by atoms with Crippen LogP contribution in [-0.4, -0.2) is 20.0 Å². The van der Waals surface area contributed by atoms with E-state index in [1.54, 1.807) is 13.2 Å². The van der Waals surface area contributed by atoms with Crippen LogP contribution < -0.4 is 9.47 Å². The van der Waals surface area contributed by atoms with Crippen molar-refractivity contribution in [3.05, 3.63) is 83.2 Å². The van der Waals surface area contributed by atoms with Gasteiger partial charge >= 0.3 is 0 Å². The number of fused-ring (bicyclic) bond motifs is 1. The first kappa shape index (κ1) is 20.0. The number of benzene rings is 3. The average molecular weight is 428 g/mol. The Bertz CT molecular complexity index is 1240. The molecule has 0 N–H and O–H groups in total. The highest BCUT2D eigenvalue weighted by Crippen LogP contribution is 2.41. The molecule has 3 nitrogen and oxygen atoms in total. The van der Waals surface area contributed by atoms with Crippen LogP contribution in [0.5, 0.6) is 11.5 Å². The van der Waals surface area contributed by atoms with Gasteiger partial charge in [-0.05, 0) is 60.2 Å². The van der Waals surface area contributed by atoms with E-state index in [2.05, 4.69) is 0 Å². The van der Waals surface area contributed by atoms with E-state index < -0.39 is 23.2 Å². The van der Waals surface area contributed by atoms with E-state index in [1.165, 1.54) is 24.5 Å². The Kier molecular flexibility index (Phi) is 5.22. The molecule has 3 aromatic carbocycles. The van der Waals surface area contributed by atoms with Gasteiger partial charge in [0.2, 0.25) is 0 Å². The van der Waals surface area contributed by atoms with Crippen molar-refractivity contribution in [2.24, 2.45) is 0 Å². The van der Waals surface area contributed by atoms with Crippen molar-refractivity contribution in [3.8, 4) is 21.9 Å². The van der Waals surface area contributed by atoms with Crippen LogP contribution in [0.1, 0.15) is 15.9 Å². The maximum absolute atomic E-state index is 13.6. The highest BCUT2D eigenvalue weighted by atomic mass is 32.1. The monoisotopic (exact) mass is 428 g/mol. The van der Waals surface area contributed by atoms with Crippen molar-refractivity contribution < 1.29 is 27.4 Å². The third kappa shape index (κ3) is 3.41. The number of hydrogen-bond donors (Lipinski definition) is 0. The largest absolute Gasteiger partial charge is 0.497 e. The summed E-state index contributed by atoms with van der Waals surface area (Å²) in [5, 5.41) is 0.697. The molecule has 0 bridgehead atoms. The Morgan fingerprint density at radius 2 is 1.53 bits per heavy atom. The van der Waals surface area contributed by atoms with Gasteiger partial charge in [-0.1, -0.05) is 0 Å². The fraction of sp³-hybridized carbons (Fsp3) is 0.0870. The molecule has 1 aromatic heterocycles. The molecule has 0 amide bonds. The van der Waals surface area contributed by atoms with Crippen molar-refractivity contribution >= 4 is 27.2 Å². The molecule has 0 aliphatic rings. The Morgan fingerprint density at radius 1 is 0.867 bits per heavy atom. The van der Waals surface area contributed by atoms with Crippen LogP contribution >= 0.6 is 11.3 Å². The number of rotatable bonds is 5. The molecule has 0 fully saturated rings. The highest BCUT2D eigenvalue weighted by molar-refractivity contribution is 7.22. The lowest BCUT2D eigenvalue weighted by Crippen LogP contribution is -2.05. The molecule has 0 saturated heterocycles.